The van der Waals surface area contributed by atoms with Crippen molar-refractivity contribution in [3.63, 3.8) is 0 Å². The highest BCUT2D eigenvalue weighted by molar-refractivity contribution is 5.78. The maximum Gasteiger partial charge on any atom is 0.410 e. The average Bonchev–Trinajstić information content (AvgIpc) is 2.87. The zero-order valence-electron chi connectivity index (χ0n) is 22.4. The molecule has 2 amide bonds. The van der Waals surface area contributed by atoms with Crippen LogP contribution in [-0.2, 0) is 22.4 Å². The van der Waals surface area contributed by atoms with Gasteiger partial charge in [-0.05, 0) is 89.2 Å². The van der Waals surface area contributed by atoms with Crippen LogP contribution in [0.1, 0.15) is 70.4 Å². The van der Waals surface area contributed by atoms with Gasteiger partial charge in [0.25, 0.3) is 0 Å². The van der Waals surface area contributed by atoms with Crippen molar-refractivity contribution < 1.29 is 14.3 Å². The van der Waals surface area contributed by atoms with Gasteiger partial charge in [-0.1, -0.05) is 60.7 Å². The van der Waals surface area contributed by atoms with E-state index in [0.717, 1.165) is 51.4 Å². The fourth-order valence-electron chi connectivity index (χ4n) is 4.84. The third-order valence-electron chi connectivity index (χ3n) is 6.92. The topological polar surface area (TPSA) is 58.6 Å². The molecule has 196 valence electrons. The first-order valence-electron chi connectivity index (χ1n) is 13.6. The van der Waals surface area contributed by atoms with E-state index >= 15 is 0 Å². The van der Waals surface area contributed by atoms with Crippen LogP contribution in [0.4, 0.5) is 4.79 Å². The predicted octanol–water partition coefficient (Wildman–Crippen LogP) is 6.41. The van der Waals surface area contributed by atoms with Gasteiger partial charge in [0, 0.05) is 25.6 Å². The monoisotopic (exact) mass is 492 g/mol. The highest BCUT2D eigenvalue weighted by atomic mass is 16.6. The second-order valence-corrected chi connectivity index (χ2v) is 11.1. The van der Waals surface area contributed by atoms with Crippen LogP contribution in [0.15, 0.2) is 60.7 Å². The molecule has 36 heavy (non-hydrogen) atoms. The summed E-state index contributed by atoms with van der Waals surface area (Å²) in [6, 6.07) is 21.0. The van der Waals surface area contributed by atoms with Crippen LogP contribution in [0, 0.1) is 11.8 Å². The van der Waals surface area contributed by atoms with E-state index in [-0.39, 0.29) is 17.9 Å². The molecule has 0 spiro atoms. The van der Waals surface area contributed by atoms with Crippen LogP contribution in [0.2, 0.25) is 0 Å². The van der Waals surface area contributed by atoms with Gasteiger partial charge in [-0.15, -0.1) is 0 Å². The Kier molecular flexibility index (Phi) is 10.8. The second-order valence-electron chi connectivity index (χ2n) is 11.1. The molecule has 5 heteroatoms. The summed E-state index contributed by atoms with van der Waals surface area (Å²) in [7, 11) is 0. The number of piperidine rings is 1. The molecule has 1 aliphatic heterocycles. The zero-order chi connectivity index (χ0) is 25.8. The fraction of sp³-hybridized carbons (Fsp3) is 0.548. The number of benzene rings is 2. The summed E-state index contributed by atoms with van der Waals surface area (Å²) < 4.78 is 5.50. The number of ether oxygens (including phenoxy) is 1. The van der Waals surface area contributed by atoms with Crippen molar-refractivity contribution in [2.45, 2.75) is 77.7 Å². The molecule has 1 saturated heterocycles. The first kappa shape index (κ1) is 27.8. The van der Waals surface area contributed by atoms with Crippen LogP contribution in [0.25, 0.3) is 0 Å². The molecule has 0 atom stereocenters. The number of carbonyl (C=O) groups excluding carboxylic acids is 2. The average molecular weight is 493 g/mol. The third kappa shape index (κ3) is 10.0. The summed E-state index contributed by atoms with van der Waals surface area (Å²) in [4.78, 5) is 27.3. The molecule has 0 bridgehead atoms. The molecule has 3 rings (SSSR count). The summed E-state index contributed by atoms with van der Waals surface area (Å²) in [5.74, 6) is 0.631. The van der Waals surface area contributed by atoms with Crippen molar-refractivity contribution in [1.82, 2.24) is 10.2 Å². The Bertz CT molecular complexity index is 870. The predicted molar refractivity (Wildman–Crippen MR) is 146 cm³/mol. The SMILES string of the molecule is CC(C)(C)OC(=O)N1CCC(CNC(=O)C(CCCc2ccccc2)CCCc2ccccc2)CC1. The number of carbonyl (C=O) groups is 2. The minimum absolute atomic E-state index is 0.0410. The lowest BCUT2D eigenvalue weighted by Crippen LogP contribution is -2.44. The molecule has 1 N–H and O–H groups in total. The lowest BCUT2D eigenvalue weighted by molar-refractivity contribution is -0.125. The number of aryl methyl sites for hydroxylation is 2. The Morgan fingerprint density at radius 1 is 0.889 bits per heavy atom. The number of rotatable bonds is 11. The number of amides is 2. The molecule has 0 aromatic heterocycles. The summed E-state index contributed by atoms with van der Waals surface area (Å²) in [6.07, 6.45) is 7.42. The van der Waals surface area contributed by atoms with Gasteiger partial charge in [-0.25, -0.2) is 4.79 Å². The molecule has 2 aromatic rings. The Balaban J connectivity index is 1.45. The van der Waals surface area contributed by atoms with E-state index in [1.807, 2.05) is 32.9 Å². The molecular formula is C31H44N2O3. The van der Waals surface area contributed by atoms with Gasteiger partial charge in [-0.3, -0.25) is 4.79 Å². The Morgan fingerprint density at radius 2 is 1.39 bits per heavy atom. The second kappa shape index (κ2) is 14.1. The van der Waals surface area contributed by atoms with Crippen molar-refractivity contribution in [3.8, 4) is 0 Å². The molecule has 0 unspecified atom stereocenters. The van der Waals surface area contributed by atoms with Gasteiger partial charge in [0.05, 0.1) is 0 Å². The van der Waals surface area contributed by atoms with Crippen molar-refractivity contribution >= 4 is 12.0 Å². The lowest BCUT2D eigenvalue weighted by Gasteiger charge is -2.33. The molecule has 1 aliphatic rings. The van der Waals surface area contributed by atoms with E-state index in [1.165, 1.54) is 11.1 Å². The van der Waals surface area contributed by atoms with Gasteiger partial charge < -0.3 is 15.0 Å². The number of hydrogen-bond donors (Lipinski definition) is 1. The Hall–Kier alpha value is -2.82. The van der Waals surface area contributed by atoms with E-state index in [1.54, 1.807) is 4.90 Å². The largest absolute Gasteiger partial charge is 0.444 e. The van der Waals surface area contributed by atoms with E-state index in [9.17, 15) is 9.59 Å². The van der Waals surface area contributed by atoms with Gasteiger partial charge >= 0.3 is 6.09 Å². The van der Waals surface area contributed by atoms with Crippen LogP contribution in [0.5, 0.6) is 0 Å². The lowest BCUT2D eigenvalue weighted by atomic mass is 9.92. The molecule has 0 aliphatic carbocycles. The van der Waals surface area contributed by atoms with Crippen LogP contribution >= 0.6 is 0 Å². The molecule has 1 heterocycles. The number of nitrogens with zero attached hydrogens (tertiary/aromatic N) is 1. The normalized spacial score (nSPS) is 14.6. The van der Waals surface area contributed by atoms with E-state index in [2.05, 4.69) is 53.8 Å². The number of likely N-dealkylation sites (tertiary alicyclic amines) is 1. The van der Waals surface area contributed by atoms with Gasteiger partial charge in [-0.2, -0.15) is 0 Å². The third-order valence-corrected chi connectivity index (χ3v) is 6.92. The minimum Gasteiger partial charge on any atom is -0.444 e. The molecule has 5 nitrogen and oxygen atoms in total. The van der Waals surface area contributed by atoms with Crippen LogP contribution < -0.4 is 5.32 Å². The van der Waals surface area contributed by atoms with E-state index < -0.39 is 5.60 Å². The molecule has 1 fully saturated rings. The van der Waals surface area contributed by atoms with Crippen LogP contribution in [0.3, 0.4) is 0 Å². The van der Waals surface area contributed by atoms with Gasteiger partial charge in [0.2, 0.25) is 5.91 Å². The van der Waals surface area contributed by atoms with Crippen LogP contribution in [-0.4, -0.2) is 42.1 Å². The maximum atomic E-state index is 13.2. The zero-order valence-corrected chi connectivity index (χ0v) is 22.4. The summed E-state index contributed by atoms with van der Waals surface area (Å²) >= 11 is 0. The minimum atomic E-state index is -0.474. The first-order valence-corrected chi connectivity index (χ1v) is 13.6. The summed E-state index contributed by atoms with van der Waals surface area (Å²) in [5.41, 5.74) is 2.19. The molecule has 0 saturated carbocycles. The Labute approximate surface area is 217 Å². The standard InChI is InChI=1S/C31H44N2O3/c1-31(2,3)36-30(35)33-22-20-27(21-23-33)24-32-29(34)28(18-10-16-25-12-6-4-7-13-25)19-11-17-26-14-8-5-9-15-26/h4-9,12-15,27-28H,10-11,16-24H2,1-3H3,(H,32,34). The number of hydrogen-bond acceptors (Lipinski definition) is 3. The molecule has 0 radical (unpaired) electrons. The van der Waals surface area contributed by atoms with Crippen molar-refractivity contribution in [3.05, 3.63) is 71.8 Å². The smallest absolute Gasteiger partial charge is 0.410 e. The van der Waals surface area contributed by atoms with E-state index in [0.29, 0.717) is 25.6 Å². The Morgan fingerprint density at radius 3 is 1.86 bits per heavy atom. The quantitative estimate of drug-likeness (QED) is 0.394. The summed E-state index contributed by atoms with van der Waals surface area (Å²) in [5, 5.41) is 3.26. The van der Waals surface area contributed by atoms with Crippen molar-refractivity contribution in [2.24, 2.45) is 11.8 Å². The maximum absolute atomic E-state index is 13.2. The molecule has 2 aromatic carbocycles. The van der Waals surface area contributed by atoms with Gasteiger partial charge in [0.15, 0.2) is 0 Å². The highest BCUT2D eigenvalue weighted by Gasteiger charge is 2.27. The number of nitrogens with one attached hydrogen (secondary N) is 1. The highest BCUT2D eigenvalue weighted by Crippen LogP contribution is 2.21. The fourth-order valence-corrected chi connectivity index (χ4v) is 4.84. The van der Waals surface area contributed by atoms with Crippen molar-refractivity contribution in [2.75, 3.05) is 19.6 Å². The summed E-state index contributed by atoms with van der Waals surface area (Å²) in [6.45, 7) is 7.74. The van der Waals surface area contributed by atoms with Crippen molar-refractivity contribution in [1.29, 1.82) is 0 Å². The molecular weight excluding hydrogens is 448 g/mol. The first-order chi connectivity index (χ1) is 17.3. The van der Waals surface area contributed by atoms with Gasteiger partial charge in [0.1, 0.15) is 5.60 Å². The van der Waals surface area contributed by atoms with E-state index in [4.69, 9.17) is 4.74 Å².